The highest BCUT2D eigenvalue weighted by atomic mass is 35.5. The maximum Gasteiger partial charge on any atom is 0.264 e. The predicted octanol–water partition coefficient (Wildman–Crippen LogP) is 5.69. The molecule has 6 nitrogen and oxygen atoms in total. The lowest BCUT2D eigenvalue weighted by molar-refractivity contribution is -0.115. The Labute approximate surface area is 193 Å². The van der Waals surface area contributed by atoms with Crippen LogP contribution in [0, 0.1) is 0 Å². The summed E-state index contributed by atoms with van der Waals surface area (Å²) >= 11 is 7.20. The summed E-state index contributed by atoms with van der Waals surface area (Å²) in [6, 6.07) is 22.5. The predicted molar refractivity (Wildman–Crippen MR) is 129 cm³/mol. The van der Waals surface area contributed by atoms with Gasteiger partial charge in [-0.25, -0.2) is 9.98 Å². The second kappa shape index (κ2) is 8.90. The van der Waals surface area contributed by atoms with E-state index in [2.05, 4.69) is 20.3 Å². The minimum atomic E-state index is -0.173. The summed E-state index contributed by atoms with van der Waals surface area (Å²) in [5.74, 6) is 1.32. The van der Waals surface area contributed by atoms with Gasteiger partial charge in [-0.15, -0.1) is 0 Å². The number of halogens is 1. The van der Waals surface area contributed by atoms with Crippen LogP contribution in [0.2, 0.25) is 5.02 Å². The number of amidine groups is 1. The molecule has 0 bridgehead atoms. The van der Waals surface area contributed by atoms with Crippen LogP contribution in [0.15, 0.2) is 82.7 Å². The molecule has 0 saturated carbocycles. The molecule has 5 rings (SSSR count). The Bertz CT molecular complexity index is 1310. The van der Waals surface area contributed by atoms with E-state index in [-0.39, 0.29) is 5.91 Å². The molecule has 0 spiro atoms. The van der Waals surface area contributed by atoms with E-state index in [1.807, 2.05) is 54.6 Å². The highest BCUT2D eigenvalue weighted by molar-refractivity contribution is 8.18. The first-order valence-electron chi connectivity index (χ1n) is 9.84. The summed E-state index contributed by atoms with van der Waals surface area (Å²) in [5.41, 5.74) is 3.52. The van der Waals surface area contributed by atoms with Gasteiger partial charge in [0.15, 0.2) is 5.17 Å². The van der Waals surface area contributed by atoms with E-state index in [1.54, 1.807) is 24.3 Å². The fourth-order valence-corrected chi connectivity index (χ4v) is 4.12. The molecule has 1 saturated heterocycles. The third-order valence-electron chi connectivity index (χ3n) is 4.70. The molecule has 1 amide bonds. The lowest BCUT2D eigenvalue weighted by Gasteiger charge is -2.04. The van der Waals surface area contributed by atoms with Crippen molar-refractivity contribution in [2.24, 2.45) is 4.99 Å². The Morgan fingerprint density at radius 1 is 1.03 bits per heavy atom. The number of aromatic nitrogens is 2. The first-order chi connectivity index (χ1) is 15.6. The lowest BCUT2D eigenvalue weighted by Crippen LogP contribution is -2.19. The summed E-state index contributed by atoms with van der Waals surface area (Å²) in [4.78, 5) is 25.1. The highest BCUT2D eigenvalue weighted by Crippen LogP contribution is 2.29. The summed E-state index contributed by atoms with van der Waals surface area (Å²) < 4.78 is 5.83. The van der Waals surface area contributed by atoms with Crippen molar-refractivity contribution in [3.8, 4) is 5.75 Å². The van der Waals surface area contributed by atoms with Gasteiger partial charge < -0.3 is 15.0 Å². The lowest BCUT2D eigenvalue weighted by atomic mass is 10.2. The SMILES string of the molecule is O=C1NC(=Nc2ccc(Cl)cc2)S/C1=C\c1ccc(OCc2nc3ccccc3[nH]2)cc1. The average Bonchev–Trinajstić information content (AvgIpc) is 3.37. The molecule has 0 aliphatic carbocycles. The number of aromatic amines is 1. The number of hydrogen-bond acceptors (Lipinski definition) is 5. The number of amides is 1. The van der Waals surface area contributed by atoms with E-state index in [0.29, 0.717) is 21.7 Å². The van der Waals surface area contributed by atoms with Crippen LogP contribution in [0.25, 0.3) is 17.1 Å². The number of ether oxygens (including phenoxy) is 1. The Hall–Kier alpha value is -3.55. The Morgan fingerprint density at radius 3 is 2.59 bits per heavy atom. The number of fused-ring (bicyclic) bond motifs is 1. The van der Waals surface area contributed by atoms with Crippen LogP contribution in [0.1, 0.15) is 11.4 Å². The fraction of sp³-hybridized carbons (Fsp3) is 0.0417. The molecular weight excluding hydrogens is 444 g/mol. The van der Waals surface area contributed by atoms with E-state index in [1.165, 1.54) is 11.8 Å². The minimum Gasteiger partial charge on any atom is -0.486 e. The van der Waals surface area contributed by atoms with E-state index in [4.69, 9.17) is 16.3 Å². The van der Waals surface area contributed by atoms with Crippen LogP contribution in [-0.2, 0) is 11.4 Å². The Balaban J connectivity index is 1.23. The first-order valence-corrected chi connectivity index (χ1v) is 11.0. The molecule has 4 aromatic rings. The largest absolute Gasteiger partial charge is 0.486 e. The van der Waals surface area contributed by atoms with Crippen molar-refractivity contribution in [3.63, 3.8) is 0 Å². The molecule has 0 atom stereocenters. The third-order valence-corrected chi connectivity index (χ3v) is 5.86. The van der Waals surface area contributed by atoms with Gasteiger partial charge in [-0.05, 0) is 71.9 Å². The summed E-state index contributed by atoms with van der Waals surface area (Å²) in [7, 11) is 0. The number of imidazole rings is 1. The van der Waals surface area contributed by atoms with Gasteiger partial charge in [-0.2, -0.15) is 0 Å². The van der Waals surface area contributed by atoms with E-state index in [9.17, 15) is 4.79 Å². The van der Waals surface area contributed by atoms with Crippen molar-refractivity contribution >= 4 is 57.2 Å². The number of benzene rings is 3. The van der Waals surface area contributed by atoms with Crippen LogP contribution in [-0.4, -0.2) is 21.0 Å². The zero-order valence-electron chi connectivity index (χ0n) is 16.7. The number of rotatable bonds is 5. The number of H-pyrrole nitrogens is 1. The molecule has 158 valence electrons. The monoisotopic (exact) mass is 460 g/mol. The van der Waals surface area contributed by atoms with Gasteiger partial charge in [0.25, 0.3) is 5.91 Å². The summed E-state index contributed by atoms with van der Waals surface area (Å²) in [5, 5.41) is 3.96. The number of para-hydroxylation sites is 2. The van der Waals surface area contributed by atoms with Crippen molar-refractivity contribution in [1.82, 2.24) is 15.3 Å². The number of hydrogen-bond donors (Lipinski definition) is 2. The Morgan fingerprint density at radius 2 is 1.81 bits per heavy atom. The van der Waals surface area contributed by atoms with Crippen molar-refractivity contribution in [1.29, 1.82) is 0 Å². The first kappa shape index (κ1) is 20.4. The third kappa shape index (κ3) is 4.69. The molecule has 3 aromatic carbocycles. The maximum absolute atomic E-state index is 12.3. The number of aliphatic imine (C=N–C) groups is 1. The highest BCUT2D eigenvalue weighted by Gasteiger charge is 2.23. The normalized spacial score (nSPS) is 16.1. The summed E-state index contributed by atoms with van der Waals surface area (Å²) in [6.07, 6.45) is 1.83. The van der Waals surface area contributed by atoms with Crippen LogP contribution >= 0.6 is 23.4 Å². The average molecular weight is 461 g/mol. The molecule has 1 aromatic heterocycles. The summed E-state index contributed by atoms with van der Waals surface area (Å²) in [6.45, 7) is 0.345. The van der Waals surface area contributed by atoms with Gasteiger partial charge in [0.2, 0.25) is 0 Å². The number of nitrogens with one attached hydrogen (secondary N) is 2. The smallest absolute Gasteiger partial charge is 0.264 e. The van der Waals surface area contributed by atoms with E-state index >= 15 is 0 Å². The zero-order valence-corrected chi connectivity index (χ0v) is 18.3. The molecule has 2 heterocycles. The molecule has 2 N–H and O–H groups in total. The molecule has 1 aliphatic heterocycles. The Kier molecular flexibility index (Phi) is 5.66. The zero-order chi connectivity index (χ0) is 21.9. The number of carbonyl (C=O) groups is 1. The van der Waals surface area contributed by atoms with Gasteiger partial charge >= 0.3 is 0 Å². The second-order valence-electron chi connectivity index (χ2n) is 7.02. The van der Waals surface area contributed by atoms with Crippen LogP contribution in [0.5, 0.6) is 5.75 Å². The van der Waals surface area contributed by atoms with Crippen LogP contribution in [0.3, 0.4) is 0 Å². The van der Waals surface area contributed by atoms with Crippen molar-refractivity contribution in [3.05, 3.63) is 94.1 Å². The number of carbonyl (C=O) groups excluding carboxylic acids is 1. The van der Waals surface area contributed by atoms with Gasteiger partial charge in [-0.3, -0.25) is 4.79 Å². The molecule has 1 fully saturated rings. The van der Waals surface area contributed by atoms with E-state index in [0.717, 1.165) is 33.9 Å². The van der Waals surface area contributed by atoms with Crippen LogP contribution < -0.4 is 10.1 Å². The quantitative estimate of drug-likeness (QED) is 0.375. The van der Waals surface area contributed by atoms with Gasteiger partial charge in [-0.1, -0.05) is 35.9 Å². The number of thioether (sulfide) groups is 1. The van der Waals surface area contributed by atoms with Crippen molar-refractivity contribution < 1.29 is 9.53 Å². The van der Waals surface area contributed by atoms with Crippen molar-refractivity contribution in [2.45, 2.75) is 6.61 Å². The maximum atomic E-state index is 12.3. The molecule has 1 aliphatic rings. The van der Waals surface area contributed by atoms with Gasteiger partial charge in [0.05, 0.1) is 21.6 Å². The minimum absolute atomic E-state index is 0.173. The molecular formula is C24H17ClN4O2S. The molecule has 8 heteroatoms. The topological polar surface area (TPSA) is 79.4 Å². The van der Waals surface area contributed by atoms with Gasteiger partial charge in [0.1, 0.15) is 18.2 Å². The number of nitrogens with zero attached hydrogens (tertiary/aromatic N) is 2. The van der Waals surface area contributed by atoms with Gasteiger partial charge in [0, 0.05) is 5.02 Å². The fourth-order valence-electron chi connectivity index (χ4n) is 3.15. The second-order valence-corrected chi connectivity index (χ2v) is 8.48. The van der Waals surface area contributed by atoms with Crippen molar-refractivity contribution in [2.75, 3.05) is 0 Å². The van der Waals surface area contributed by atoms with Crippen LogP contribution in [0.4, 0.5) is 5.69 Å². The standard InChI is InChI=1S/C24H17ClN4O2S/c25-16-7-9-17(10-8-16)26-24-29-23(30)21(32-24)13-15-5-11-18(12-6-15)31-14-22-27-19-3-1-2-4-20(19)28-22/h1-13H,14H2,(H,27,28)(H,26,29,30)/b21-13-. The molecule has 0 radical (unpaired) electrons. The van der Waals surface area contributed by atoms with E-state index < -0.39 is 0 Å². The molecule has 32 heavy (non-hydrogen) atoms. The molecule has 0 unspecified atom stereocenters.